The fourth-order valence-corrected chi connectivity index (χ4v) is 5.79. The molecule has 0 aliphatic carbocycles. The normalized spacial score (nSPS) is 14.1. The molecule has 0 atom stereocenters. The highest BCUT2D eigenvalue weighted by Gasteiger charge is 2.31. The monoisotopic (exact) mass is 505 g/mol. The number of benzene rings is 2. The number of halogens is 3. The number of rotatable bonds is 7. The summed E-state index contributed by atoms with van der Waals surface area (Å²) in [7, 11) is -2.49. The van der Waals surface area contributed by atoms with Gasteiger partial charge in [-0.1, -0.05) is 17.7 Å². The third-order valence-electron chi connectivity index (χ3n) is 4.94. The van der Waals surface area contributed by atoms with Gasteiger partial charge in [0, 0.05) is 36.1 Å². The average molecular weight is 507 g/mol. The number of ether oxygens (including phenoxy) is 2. The lowest BCUT2D eigenvalue weighted by atomic mass is 10.1. The molecule has 0 saturated carbocycles. The summed E-state index contributed by atoms with van der Waals surface area (Å²) in [6, 6.07) is 6.64. The van der Waals surface area contributed by atoms with E-state index in [0.29, 0.717) is 52.3 Å². The molecule has 2 aromatic carbocycles. The van der Waals surface area contributed by atoms with Crippen LogP contribution in [0.5, 0.6) is 11.5 Å². The van der Waals surface area contributed by atoms with Crippen molar-refractivity contribution in [3.63, 3.8) is 0 Å². The molecule has 0 amide bonds. The van der Waals surface area contributed by atoms with Crippen molar-refractivity contribution in [2.24, 2.45) is 0 Å². The molecule has 0 N–H and O–H groups in total. The first-order valence-electron chi connectivity index (χ1n) is 9.50. The minimum atomic E-state index is -3.77. The molecule has 1 aliphatic rings. The van der Waals surface area contributed by atoms with Gasteiger partial charge in [0.25, 0.3) is 0 Å². The number of carbonyl (C=O) groups is 1. The Morgan fingerprint density at radius 3 is 2.42 bits per heavy atom. The topological polar surface area (TPSA) is 72.9 Å². The molecule has 0 aromatic heterocycles. The van der Waals surface area contributed by atoms with Crippen LogP contribution in [-0.2, 0) is 31.5 Å². The first-order chi connectivity index (χ1) is 14.7. The van der Waals surface area contributed by atoms with E-state index in [1.54, 1.807) is 25.1 Å². The van der Waals surface area contributed by atoms with Gasteiger partial charge in [-0.2, -0.15) is 0 Å². The number of methoxy groups -OCH3 is 1. The third-order valence-corrected chi connectivity index (χ3v) is 7.22. The van der Waals surface area contributed by atoms with Crippen LogP contribution in [0, 0.1) is 6.92 Å². The largest absolute Gasteiger partial charge is 0.469 e. The maximum atomic E-state index is 13.3. The van der Waals surface area contributed by atoms with Crippen molar-refractivity contribution in [2.45, 2.75) is 24.0 Å². The maximum absolute atomic E-state index is 13.3. The summed E-state index contributed by atoms with van der Waals surface area (Å²) in [5.74, 6) is 0.524. The average Bonchev–Trinajstić information content (AvgIpc) is 2.82. The van der Waals surface area contributed by atoms with E-state index >= 15 is 0 Å². The van der Waals surface area contributed by atoms with E-state index in [0.717, 1.165) is 5.69 Å². The molecule has 6 nitrogen and oxygen atoms in total. The summed E-state index contributed by atoms with van der Waals surface area (Å²) >= 11 is 18.3. The van der Waals surface area contributed by atoms with Gasteiger partial charge in [-0.05, 0) is 36.2 Å². The summed E-state index contributed by atoms with van der Waals surface area (Å²) in [5, 5.41) is 0.294. The first kappa shape index (κ1) is 24.0. The summed E-state index contributed by atoms with van der Waals surface area (Å²) in [5.41, 5.74) is 2.28. The fourth-order valence-electron chi connectivity index (χ4n) is 3.51. The van der Waals surface area contributed by atoms with Gasteiger partial charge >= 0.3 is 5.97 Å². The molecule has 1 aliphatic heterocycles. The number of nitrogens with zero attached hydrogens (tertiary/aromatic N) is 1. The van der Waals surface area contributed by atoms with E-state index in [-0.39, 0.29) is 22.8 Å². The van der Waals surface area contributed by atoms with Crippen molar-refractivity contribution in [3.05, 3.63) is 46.0 Å². The lowest BCUT2D eigenvalue weighted by Crippen LogP contribution is -2.27. The third kappa shape index (κ3) is 5.22. The van der Waals surface area contributed by atoms with E-state index in [9.17, 15) is 13.2 Å². The number of sulfone groups is 1. The SMILES string of the molecule is COC(=O)Cc1cc(C)c2c(c1)S(=O)(=O)Cc1cc(N(CCCl)CCCl)cc(Cl)c1O2. The Bertz CT molecular complexity index is 1100. The van der Waals surface area contributed by atoms with Gasteiger partial charge in [0.05, 0.1) is 24.3 Å². The molecule has 0 radical (unpaired) electrons. The van der Waals surface area contributed by atoms with Gasteiger partial charge in [0.2, 0.25) is 0 Å². The Morgan fingerprint density at radius 1 is 1.13 bits per heavy atom. The molecular formula is C21H22Cl3NO5S. The van der Waals surface area contributed by atoms with Crippen molar-refractivity contribution >= 4 is 56.3 Å². The van der Waals surface area contributed by atoms with Crippen LogP contribution in [0.15, 0.2) is 29.2 Å². The van der Waals surface area contributed by atoms with Crippen molar-refractivity contribution in [3.8, 4) is 11.5 Å². The second-order valence-corrected chi connectivity index (χ2v) is 10.3. The number of anilines is 1. The van der Waals surface area contributed by atoms with Crippen LogP contribution in [0.4, 0.5) is 5.69 Å². The molecule has 3 rings (SSSR count). The zero-order chi connectivity index (χ0) is 22.8. The van der Waals surface area contributed by atoms with E-state index in [2.05, 4.69) is 0 Å². The second kappa shape index (κ2) is 9.86. The van der Waals surface area contributed by atoms with Gasteiger partial charge in [0.15, 0.2) is 9.84 Å². The second-order valence-electron chi connectivity index (χ2n) is 7.13. The summed E-state index contributed by atoms with van der Waals surface area (Å²) in [4.78, 5) is 13.6. The van der Waals surface area contributed by atoms with E-state index < -0.39 is 15.8 Å². The number of esters is 1. The summed E-state index contributed by atoms with van der Waals surface area (Å²) < 4.78 is 37.3. The van der Waals surface area contributed by atoms with Crippen molar-refractivity contribution in [1.29, 1.82) is 0 Å². The van der Waals surface area contributed by atoms with Crippen LogP contribution in [-0.4, -0.2) is 46.3 Å². The first-order valence-corrected chi connectivity index (χ1v) is 12.6. The van der Waals surface area contributed by atoms with Gasteiger partial charge < -0.3 is 14.4 Å². The number of fused-ring (bicyclic) bond motifs is 2. The predicted octanol–water partition coefficient (Wildman–Crippen LogP) is 4.73. The Hall–Kier alpha value is -1.67. The van der Waals surface area contributed by atoms with E-state index in [1.165, 1.54) is 13.2 Å². The molecule has 1 heterocycles. The highest BCUT2D eigenvalue weighted by Crippen LogP contribution is 2.45. The molecule has 0 spiro atoms. The van der Waals surface area contributed by atoms with Crippen LogP contribution in [0.1, 0.15) is 16.7 Å². The lowest BCUT2D eigenvalue weighted by molar-refractivity contribution is -0.139. The molecule has 0 fully saturated rings. The molecule has 168 valence electrons. The van der Waals surface area contributed by atoms with Crippen LogP contribution in [0.3, 0.4) is 0 Å². The predicted molar refractivity (Wildman–Crippen MR) is 123 cm³/mol. The van der Waals surface area contributed by atoms with Crippen molar-refractivity contribution < 1.29 is 22.7 Å². The molecule has 31 heavy (non-hydrogen) atoms. The molecule has 0 saturated heterocycles. The quantitative estimate of drug-likeness (QED) is 0.399. The van der Waals surface area contributed by atoms with Crippen LogP contribution in [0.2, 0.25) is 5.02 Å². The smallest absolute Gasteiger partial charge is 0.309 e. The highest BCUT2D eigenvalue weighted by atomic mass is 35.5. The van der Waals surface area contributed by atoms with Gasteiger partial charge in [-0.15, -0.1) is 23.2 Å². The standard InChI is InChI=1S/C21H22Cl3NO5S/c1-13-7-14(9-19(26)29-2)8-18-20(13)30-21-15(12-31(18,27)28)10-16(11-17(21)24)25(5-3-22)6-4-23/h7-8,10-11H,3-6,9,12H2,1-2H3. The Morgan fingerprint density at radius 2 is 1.81 bits per heavy atom. The molecule has 0 bridgehead atoms. The molecular weight excluding hydrogens is 485 g/mol. The van der Waals surface area contributed by atoms with Crippen LogP contribution >= 0.6 is 34.8 Å². The Kier molecular flexibility index (Phi) is 7.63. The lowest BCUT2D eigenvalue weighted by Gasteiger charge is -2.24. The van der Waals surface area contributed by atoms with Gasteiger partial charge in [-0.3, -0.25) is 4.79 Å². The Balaban J connectivity index is 2.10. The molecule has 10 heteroatoms. The van der Waals surface area contributed by atoms with Crippen molar-refractivity contribution in [1.82, 2.24) is 0 Å². The van der Waals surface area contributed by atoms with E-state index in [1.807, 2.05) is 4.90 Å². The molecule has 0 unspecified atom stereocenters. The summed E-state index contributed by atoms with van der Waals surface area (Å²) in [6.45, 7) is 2.80. The van der Waals surface area contributed by atoms with Gasteiger partial charge in [-0.25, -0.2) is 8.42 Å². The summed E-state index contributed by atoms with van der Waals surface area (Å²) in [6.07, 6.45) is -0.0379. The minimum absolute atomic E-state index is 0.0265. The van der Waals surface area contributed by atoms with Gasteiger partial charge in [0.1, 0.15) is 16.4 Å². The van der Waals surface area contributed by atoms with Crippen molar-refractivity contribution in [2.75, 3.05) is 36.9 Å². The van der Waals surface area contributed by atoms with E-state index in [4.69, 9.17) is 44.3 Å². The zero-order valence-corrected chi connectivity index (χ0v) is 20.2. The minimum Gasteiger partial charge on any atom is -0.469 e. The number of alkyl halides is 2. The van der Waals surface area contributed by atoms with Crippen LogP contribution in [0.25, 0.3) is 0 Å². The Labute approximate surface area is 196 Å². The zero-order valence-electron chi connectivity index (χ0n) is 17.1. The number of carbonyl (C=O) groups excluding carboxylic acids is 1. The number of aryl methyl sites for hydroxylation is 1. The fraction of sp³-hybridized carbons (Fsp3) is 0.381. The highest BCUT2D eigenvalue weighted by molar-refractivity contribution is 7.90. The van der Waals surface area contributed by atoms with Crippen LogP contribution < -0.4 is 9.64 Å². The number of hydrogen-bond donors (Lipinski definition) is 0. The molecule has 2 aromatic rings. The number of hydrogen-bond acceptors (Lipinski definition) is 6. The maximum Gasteiger partial charge on any atom is 0.309 e.